The fraction of sp³-hybridized carbons (Fsp3) is 0.769. The second kappa shape index (κ2) is 5.65. The van der Waals surface area contributed by atoms with E-state index in [9.17, 15) is 0 Å². The smallest absolute Gasteiger partial charge is 0.0624 e. The van der Waals surface area contributed by atoms with E-state index in [1.807, 2.05) is 11.7 Å². The molecule has 1 heterocycles. The summed E-state index contributed by atoms with van der Waals surface area (Å²) in [5, 5.41) is 4.49. The molecule has 3 N–H and O–H groups in total. The third-order valence-electron chi connectivity index (χ3n) is 4.00. The number of aryl methyl sites for hydroxylation is 2. The number of hydrogen-bond donors (Lipinski definition) is 2. The number of rotatable bonds is 5. The zero-order valence-electron chi connectivity index (χ0n) is 10.9. The van der Waals surface area contributed by atoms with Crippen LogP contribution in [0.2, 0.25) is 0 Å². The Balaban J connectivity index is 2.03. The first-order chi connectivity index (χ1) is 8.24. The summed E-state index contributed by atoms with van der Waals surface area (Å²) in [5.41, 5.74) is 5.47. The molecule has 2 rings (SSSR count). The third kappa shape index (κ3) is 2.87. The molecule has 0 amide bonds. The summed E-state index contributed by atoms with van der Waals surface area (Å²) < 4.78 is 2.00. The summed E-state index contributed by atoms with van der Waals surface area (Å²) >= 11 is 0. The van der Waals surface area contributed by atoms with Gasteiger partial charge in [0, 0.05) is 25.2 Å². The average molecular weight is 236 g/mol. The van der Waals surface area contributed by atoms with Crippen molar-refractivity contribution in [3.05, 3.63) is 17.5 Å². The fourth-order valence-corrected chi connectivity index (χ4v) is 2.88. The van der Waals surface area contributed by atoms with Crippen molar-refractivity contribution in [3.63, 3.8) is 0 Å². The Morgan fingerprint density at radius 1 is 1.53 bits per heavy atom. The van der Waals surface area contributed by atoms with Crippen molar-refractivity contribution in [3.8, 4) is 0 Å². The number of aromatic nitrogens is 2. The molecule has 0 aromatic carbocycles. The number of hydrogen-bond acceptors (Lipinski definition) is 3. The summed E-state index contributed by atoms with van der Waals surface area (Å²) in [4.78, 5) is 0. The lowest BCUT2D eigenvalue weighted by molar-refractivity contribution is 0.355. The molecule has 17 heavy (non-hydrogen) atoms. The third-order valence-corrected chi connectivity index (χ3v) is 4.00. The second-order valence-electron chi connectivity index (χ2n) is 5.13. The molecular weight excluding hydrogens is 212 g/mol. The van der Waals surface area contributed by atoms with E-state index in [0.717, 1.165) is 18.8 Å². The minimum atomic E-state index is 0.401. The first-order valence-corrected chi connectivity index (χ1v) is 6.72. The lowest BCUT2D eigenvalue weighted by Gasteiger charge is -2.22. The highest BCUT2D eigenvalue weighted by molar-refractivity contribution is 5.12. The molecule has 1 saturated carbocycles. The van der Waals surface area contributed by atoms with E-state index >= 15 is 0 Å². The van der Waals surface area contributed by atoms with Gasteiger partial charge in [0.25, 0.3) is 0 Å². The van der Waals surface area contributed by atoms with Gasteiger partial charge in [0.1, 0.15) is 0 Å². The SMILES string of the molecule is CCc1cc(CC(NN)C2CCCC2)n(C)n1. The number of nitrogens with two attached hydrogens (primary N) is 1. The monoisotopic (exact) mass is 236 g/mol. The summed E-state index contributed by atoms with van der Waals surface area (Å²) in [7, 11) is 2.02. The molecule has 96 valence electrons. The predicted octanol–water partition coefficient (Wildman–Crippen LogP) is 1.55. The van der Waals surface area contributed by atoms with Crippen molar-refractivity contribution in [2.75, 3.05) is 0 Å². The van der Waals surface area contributed by atoms with Crippen LogP contribution in [0.15, 0.2) is 6.07 Å². The van der Waals surface area contributed by atoms with Gasteiger partial charge in [0.2, 0.25) is 0 Å². The van der Waals surface area contributed by atoms with Gasteiger partial charge in [-0.25, -0.2) is 0 Å². The first-order valence-electron chi connectivity index (χ1n) is 6.72. The van der Waals surface area contributed by atoms with Gasteiger partial charge in [0.15, 0.2) is 0 Å². The van der Waals surface area contributed by atoms with E-state index in [1.54, 1.807) is 0 Å². The highest BCUT2D eigenvalue weighted by Crippen LogP contribution is 2.28. The Labute approximate surface area is 104 Å². The minimum Gasteiger partial charge on any atom is -0.272 e. The van der Waals surface area contributed by atoms with Gasteiger partial charge < -0.3 is 0 Å². The van der Waals surface area contributed by atoms with Crippen LogP contribution in [-0.4, -0.2) is 15.8 Å². The van der Waals surface area contributed by atoms with Crippen molar-refractivity contribution in [1.82, 2.24) is 15.2 Å². The van der Waals surface area contributed by atoms with Gasteiger partial charge in [-0.05, 0) is 31.2 Å². The summed E-state index contributed by atoms with van der Waals surface area (Å²) in [6.45, 7) is 2.14. The summed E-state index contributed by atoms with van der Waals surface area (Å²) in [6, 6.07) is 2.61. The van der Waals surface area contributed by atoms with Gasteiger partial charge in [-0.1, -0.05) is 19.8 Å². The van der Waals surface area contributed by atoms with Crippen LogP contribution < -0.4 is 11.3 Å². The maximum absolute atomic E-state index is 5.71. The second-order valence-corrected chi connectivity index (χ2v) is 5.13. The largest absolute Gasteiger partial charge is 0.272 e. The van der Waals surface area contributed by atoms with Crippen LogP contribution in [0.1, 0.15) is 44.0 Å². The first kappa shape index (κ1) is 12.6. The highest BCUT2D eigenvalue weighted by Gasteiger charge is 2.25. The zero-order chi connectivity index (χ0) is 12.3. The molecule has 1 unspecified atom stereocenters. The van der Waals surface area contributed by atoms with Crippen molar-refractivity contribution in [2.24, 2.45) is 18.8 Å². The van der Waals surface area contributed by atoms with Crippen LogP contribution in [-0.2, 0) is 19.9 Å². The molecule has 0 saturated heterocycles. The van der Waals surface area contributed by atoms with Crippen molar-refractivity contribution in [1.29, 1.82) is 0 Å². The van der Waals surface area contributed by atoms with E-state index in [-0.39, 0.29) is 0 Å². The summed E-state index contributed by atoms with van der Waals surface area (Å²) in [6.07, 6.45) is 7.33. The zero-order valence-corrected chi connectivity index (χ0v) is 10.9. The van der Waals surface area contributed by atoms with E-state index in [1.165, 1.54) is 37.1 Å². The molecule has 4 heteroatoms. The van der Waals surface area contributed by atoms with Crippen LogP contribution in [0.25, 0.3) is 0 Å². The Kier molecular flexibility index (Phi) is 4.18. The standard InChI is InChI=1S/C13H24N4/c1-3-11-8-12(17(2)16-11)9-13(15-14)10-6-4-5-7-10/h8,10,13,15H,3-7,9,14H2,1-2H3. The Bertz CT molecular complexity index is 352. The Morgan fingerprint density at radius 2 is 2.24 bits per heavy atom. The van der Waals surface area contributed by atoms with Crippen LogP contribution in [0, 0.1) is 5.92 Å². The lowest BCUT2D eigenvalue weighted by Crippen LogP contribution is -2.42. The molecule has 0 bridgehead atoms. The van der Waals surface area contributed by atoms with E-state index in [2.05, 4.69) is 23.5 Å². The molecule has 1 atom stereocenters. The van der Waals surface area contributed by atoms with Crippen molar-refractivity contribution >= 4 is 0 Å². The minimum absolute atomic E-state index is 0.401. The van der Waals surface area contributed by atoms with Crippen LogP contribution in [0.3, 0.4) is 0 Å². The van der Waals surface area contributed by atoms with E-state index in [0.29, 0.717) is 6.04 Å². The molecule has 1 aliphatic carbocycles. The fourth-order valence-electron chi connectivity index (χ4n) is 2.88. The topological polar surface area (TPSA) is 55.9 Å². The van der Waals surface area contributed by atoms with Crippen LogP contribution in [0.5, 0.6) is 0 Å². The van der Waals surface area contributed by atoms with Gasteiger partial charge in [-0.3, -0.25) is 16.0 Å². The molecule has 1 fully saturated rings. The van der Waals surface area contributed by atoms with E-state index < -0.39 is 0 Å². The lowest BCUT2D eigenvalue weighted by atomic mass is 9.94. The molecule has 1 aliphatic rings. The average Bonchev–Trinajstić information content (AvgIpc) is 2.96. The maximum Gasteiger partial charge on any atom is 0.0624 e. The molecule has 0 spiro atoms. The van der Waals surface area contributed by atoms with Crippen LogP contribution in [0.4, 0.5) is 0 Å². The molecule has 1 aromatic heterocycles. The van der Waals surface area contributed by atoms with Gasteiger partial charge >= 0.3 is 0 Å². The van der Waals surface area contributed by atoms with E-state index in [4.69, 9.17) is 5.84 Å². The van der Waals surface area contributed by atoms with Crippen molar-refractivity contribution < 1.29 is 0 Å². The van der Waals surface area contributed by atoms with Crippen molar-refractivity contribution in [2.45, 2.75) is 51.5 Å². The quantitative estimate of drug-likeness (QED) is 0.602. The molecule has 4 nitrogen and oxygen atoms in total. The Hall–Kier alpha value is -0.870. The number of hydrazine groups is 1. The number of nitrogens with zero attached hydrogens (tertiary/aromatic N) is 2. The molecular formula is C13H24N4. The summed E-state index contributed by atoms with van der Waals surface area (Å²) in [5.74, 6) is 6.45. The maximum atomic E-state index is 5.71. The molecule has 0 radical (unpaired) electrons. The number of nitrogens with one attached hydrogen (secondary N) is 1. The highest BCUT2D eigenvalue weighted by atomic mass is 15.3. The van der Waals surface area contributed by atoms with Gasteiger partial charge in [-0.2, -0.15) is 5.10 Å². The molecule has 1 aromatic rings. The predicted molar refractivity (Wildman–Crippen MR) is 69.4 cm³/mol. The normalized spacial score (nSPS) is 18.8. The Morgan fingerprint density at radius 3 is 2.76 bits per heavy atom. The van der Waals surface area contributed by atoms with Gasteiger partial charge in [0.05, 0.1) is 5.69 Å². The van der Waals surface area contributed by atoms with Gasteiger partial charge in [-0.15, -0.1) is 0 Å². The van der Waals surface area contributed by atoms with Crippen LogP contribution >= 0.6 is 0 Å². The molecule has 0 aliphatic heterocycles.